The lowest BCUT2D eigenvalue weighted by molar-refractivity contribution is -0.118. The van der Waals surface area contributed by atoms with Crippen LogP contribution in [-0.2, 0) is 4.79 Å². The average molecular weight is 358 g/mol. The van der Waals surface area contributed by atoms with Crippen LogP contribution in [0.15, 0.2) is 45.8 Å². The molecular formula is C13H10BrClN2O3. The molecule has 0 aliphatic heterocycles. The number of halogens is 2. The fourth-order valence-electron chi connectivity index (χ4n) is 1.44. The molecule has 0 saturated heterocycles. The molecule has 2 rings (SSSR count). The number of carbonyl (C=O) groups is 1. The van der Waals surface area contributed by atoms with Gasteiger partial charge in [0.1, 0.15) is 11.4 Å². The molecule has 0 spiro atoms. The molecule has 0 fully saturated rings. The van der Waals surface area contributed by atoms with Crippen LogP contribution >= 0.6 is 27.5 Å². The maximum atomic E-state index is 11.7. The van der Waals surface area contributed by atoms with Crippen molar-refractivity contribution in [1.82, 2.24) is 4.98 Å². The number of amides is 1. The predicted octanol–water partition coefficient (Wildman–Crippen LogP) is 2.81. The number of hydrogen-bond donors (Lipinski definition) is 2. The summed E-state index contributed by atoms with van der Waals surface area (Å²) in [7, 11) is 0. The van der Waals surface area contributed by atoms with Crippen LogP contribution < -0.4 is 15.6 Å². The number of aromatic nitrogens is 1. The van der Waals surface area contributed by atoms with Gasteiger partial charge < -0.3 is 15.0 Å². The van der Waals surface area contributed by atoms with Crippen molar-refractivity contribution in [3.63, 3.8) is 0 Å². The summed E-state index contributed by atoms with van der Waals surface area (Å²) in [6.45, 7) is -0.240. The normalized spacial score (nSPS) is 10.1. The van der Waals surface area contributed by atoms with Crippen molar-refractivity contribution in [3.8, 4) is 5.75 Å². The number of hydrogen-bond acceptors (Lipinski definition) is 3. The van der Waals surface area contributed by atoms with Gasteiger partial charge in [0.25, 0.3) is 11.5 Å². The molecule has 0 atom stereocenters. The van der Waals surface area contributed by atoms with Gasteiger partial charge in [-0.05, 0) is 34.1 Å². The number of H-pyrrole nitrogens is 1. The topological polar surface area (TPSA) is 71.2 Å². The van der Waals surface area contributed by atoms with Crippen LogP contribution in [0.4, 0.5) is 5.69 Å². The Balaban J connectivity index is 1.98. The zero-order chi connectivity index (χ0) is 14.5. The molecule has 1 amide bonds. The first-order chi connectivity index (χ1) is 9.56. The molecule has 5 nitrogen and oxygen atoms in total. The van der Waals surface area contributed by atoms with Crippen LogP contribution in [0.2, 0.25) is 5.02 Å². The Bertz CT molecular complexity index is 687. The fraction of sp³-hybridized carbons (Fsp3) is 0.0769. The lowest BCUT2D eigenvalue weighted by atomic mass is 10.3. The molecule has 0 aliphatic rings. The first-order valence-corrected chi connectivity index (χ1v) is 6.79. The molecule has 2 N–H and O–H groups in total. The van der Waals surface area contributed by atoms with Crippen molar-refractivity contribution in [2.75, 3.05) is 11.9 Å². The quantitative estimate of drug-likeness (QED) is 0.884. The molecule has 0 aliphatic carbocycles. The number of ether oxygens (including phenoxy) is 1. The number of aromatic amines is 1. The monoisotopic (exact) mass is 356 g/mol. The number of nitrogens with one attached hydrogen (secondary N) is 2. The van der Waals surface area contributed by atoms with E-state index in [9.17, 15) is 9.59 Å². The van der Waals surface area contributed by atoms with Gasteiger partial charge in [0.05, 0.1) is 5.02 Å². The summed E-state index contributed by atoms with van der Waals surface area (Å²) in [4.78, 5) is 25.7. The van der Waals surface area contributed by atoms with Crippen molar-refractivity contribution in [3.05, 3.63) is 56.4 Å². The van der Waals surface area contributed by atoms with Gasteiger partial charge in [0.15, 0.2) is 6.61 Å². The first kappa shape index (κ1) is 14.6. The SMILES string of the molecule is O=C(COc1ccccc1Cl)Nc1cc(Br)c[nH]c1=O. The molecule has 20 heavy (non-hydrogen) atoms. The standard InChI is InChI=1S/C13H10BrClN2O3/c14-8-5-10(13(19)16-6-8)17-12(18)7-20-11-4-2-1-3-9(11)15/h1-6H,7H2,(H,16,19)(H,17,18). The minimum Gasteiger partial charge on any atom is -0.482 e. The second-order valence-electron chi connectivity index (χ2n) is 3.83. The van der Waals surface area contributed by atoms with E-state index in [0.717, 1.165) is 0 Å². The highest BCUT2D eigenvalue weighted by atomic mass is 79.9. The summed E-state index contributed by atoms with van der Waals surface area (Å²) in [5.74, 6) is -0.0408. The van der Waals surface area contributed by atoms with Gasteiger partial charge >= 0.3 is 0 Å². The van der Waals surface area contributed by atoms with Gasteiger partial charge in [-0.3, -0.25) is 9.59 Å². The smallest absolute Gasteiger partial charge is 0.271 e. The van der Waals surface area contributed by atoms with Crippen LogP contribution in [-0.4, -0.2) is 17.5 Å². The molecule has 104 valence electrons. The molecule has 2 aromatic rings. The third-order valence-electron chi connectivity index (χ3n) is 2.34. The highest BCUT2D eigenvalue weighted by Gasteiger charge is 2.08. The van der Waals surface area contributed by atoms with E-state index in [4.69, 9.17) is 16.3 Å². The molecule has 0 bridgehead atoms. The molecule has 0 radical (unpaired) electrons. The zero-order valence-electron chi connectivity index (χ0n) is 10.2. The maximum Gasteiger partial charge on any atom is 0.271 e. The Hall–Kier alpha value is -1.79. The van der Waals surface area contributed by atoms with Crippen molar-refractivity contribution in [2.24, 2.45) is 0 Å². The molecule has 0 saturated carbocycles. The van der Waals surface area contributed by atoms with E-state index < -0.39 is 5.91 Å². The Morgan fingerprint density at radius 2 is 2.15 bits per heavy atom. The highest BCUT2D eigenvalue weighted by Crippen LogP contribution is 2.22. The molecule has 7 heteroatoms. The van der Waals surface area contributed by atoms with E-state index in [-0.39, 0.29) is 17.9 Å². The van der Waals surface area contributed by atoms with Crippen molar-refractivity contribution in [1.29, 1.82) is 0 Å². The van der Waals surface area contributed by atoms with Gasteiger partial charge in [-0.2, -0.15) is 0 Å². The molecule has 1 aromatic heterocycles. The predicted molar refractivity (Wildman–Crippen MR) is 80.3 cm³/mol. The minimum atomic E-state index is -0.450. The largest absolute Gasteiger partial charge is 0.482 e. The number of anilines is 1. The Morgan fingerprint density at radius 1 is 1.40 bits per heavy atom. The van der Waals surface area contributed by atoms with Crippen LogP contribution in [0.1, 0.15) is 0 Å². The Morgan fingerprint density at radius 3 is 2.90 bits per heavy atom. The van der Waals surface area contributed by atoms with E-state index >= 15 is 0 Å². The maximum absolute atomic E-state index is 11.7. The van der Waals surface area contributed by atoms with E-state index in [1.807, 2.05) is 0 Å². The van der Waals surface area contributed by atoms with Crippen LogP contribution in [0, 0.1) is 0 Å². The van der Waals surface area contributed by atoms with Gasteiger partial charge in [-0.15, -0.1) is 0 Å². The number of pyridine rings is 1. The third-order valence-corrected chi connectivity index (χ3v) is 3.11. The fourth-order valence-corrected chi connectivity index (χ4v) is 1.98. The summed E-state index contributed by atoms with van der Waals surface area (Å²) in [6, 6.07) is 8.33. The van der Waals surface area contributed by atoms with E-state index in [1.54, 1.807) is 24.3 Å². The van der Waals surface area contributed by atoms with Crippen LogP contribution in [0.25, 0.3) is 0 Å². The summed E-state index contributed by atoms with van der Waals surface area (Å²) in [5, 5.41) is 2.88. The second kappa shape index (κ2) is 6.58. The molecule has 1 aromatic carbocycles. The summed E-state index contributed by atoms with van der Waals surface area (Å²) in [5.41, 5.74) is -0.244. The molecule has 1 heterocycles. The van der Waals surface area contributed by atoms with Crippen molar-refractivity contribution in [2.45, 2.75) is 0 Å². The van der Waals surface area contributed by atoms with Gasteiger partial charge in [-0.1, -0.05) is 23.7 Å². The Labute approximate surface area is 128 Å². The summed E-state index contributed by atoms with van der Waals surface area (Å²) < 4.78 is 5.93. The second-order valence-corrected chi connectivity index (χ2v) is 5.15. The summed E-state index contributed by atoms with van der Waals surface area (Å²) >= 11 is 9.10. The lowest BCUT2D eigenvalue weighted by Gasteiger charge is -2.08. The van der Waals surface area contributed by atoms with Crippen LogP contribution in [0.5, 0.6) is 5.75 Å². The lowest BCUT2D eigenvalue weighted by Crippen LogP contribution is -2.24. The van der Waals surface area contributed by atoms with E-state index in [0.29, 0.717) is 15.2 Å². The first-order valence-electron chi connectivity index (χ1n) is 5.61. The minimum absolute atomic E-state index is 0.145. The highest BCUT2D eigenvalue weighted by molar-refractivity contribution is 9.10. The summed E-state index contributed by atoms with van der Waals surface area (Å²) in [6.07, 6.45) is 1.48. The number of para-hydroxylation sites is 1. The van der Waals surface area contributed by atoms with E-state index in [1.165, 1.54) is 12.3 Å². The number of carbonyl (C=O) groups excluding carboxylic acids is 1. The third kappa shape index (κ3) is 3.85. The van der Waals surface area contributed by atoms with Crippen molar-refractivity contribution < 1.29 is 9.53 Å². The number of rotatable bonds is 4. The van der Waals surface area contributed by atoms with Gasteiger partial charge in [0.2, 0.25) is 0 Å². The van der Waals surface area contributed by atoms with Gasteiger partial charge in [-0.25, -0.2) is 0 Å². The van der Waals surface area contributed by atoms with Crippen molar-refractivity contribution >= 4 is 39.1 Å². The van der Waals surface area contributed by atoms with E-state index in [2.05, 4.69) is 26.2 Å². The molecule has 0 unspecified atom stereocenters. The zero-order valence-corrected chi connectivity index (χ0v) is 12.5. The van der Waals surface area contributed by atoms with Crippen LogP contribution in [0.3, 0.4) is 0 Å². The Kier molecular flexibility index (Phi) is 4.81. The average Bonchev–Trinajstić information content (AvgIpc) is 2.42. The molecular weight excluding hydrogens is 348 g/mol. The number of benzene rings is 1. The van der Waals surface area contributed by atoms with Gasteiger partial charge in [0, 0.05) is 10.7 Å².